The van der Waals surface area contributed by atoms with E-state index in [0.717, 1.165) is 42.0 Å². The van der Waals surface area contributed by atoms with Crippen molar-refractivity contribution >= 4 is 11.7 Å². The molecule has 0 aliphatic heterocycles. The number of amides is 1. The van der Waals surface area contributed by atoms with Crippen LogP contribution in [0.1, 0.15) is 67.7 Å². The molecule has 0 spiro atoms. The second-order valence-electron chi connectivity index (χ2n) is 9.33. The quantitative estimate of drug-likeness (QED) is 0.549. The summed E-state index contributed by atoms with van der Waals surface area (Å²) in [7, 11) is 3.36. The van der Waals surface area contributed by atoms with Crippen molar-refractivity contribution in [2.45, 2.75) is 65.4 Å². The molecule has 1 N–H and O–H groups in total. The van der Waals surface area contributed by atoms with Crippen LogP contribution >= 0.6 is 0 Å². The van der Waals surface area contributed by atoms with E-state index in [1.54, 1.807) is 25.0 Å². The summed E-state index contributed by atoms with van der Waals surface area (Å²) in [6.07, 6.45) is 7.71. The fourth-order valence-electron chi connectivity index (χ4n) is 4.73. The average Bonchev–Trinajstić information content (AvgIpc) is 3.31. The summed E-state index contributed by atoms with van der Waals surface area (Å²) in [4.78, 5) is 26.0. The topological polar surface area (TPSA) is 96.0 Å². The summed E-state index contributed by atoms with van der Waals surface area (Å²) in [5.74, 6) is 0.192. The third-order valence-electron chi connectivity index (χ3n) is 6.78. The molecule has 0 radical (unpaired) electrons. The second-order valence-corrected chi connectivity index (χ2v) is 9.33. The van der Waals surface area contributed by atoms with Crippen molar-refractivity contribution in [2.24, 2.45) is 20.0 Å². The highest BCUT2D eigenvalue weighted by Crippen LogP contribution is 2.32. The van der Waals surface area contributed by atoms with E-state index in [9.17, 15) is 9.59 Å². The maximum Gasteiger partial charge on any atom is 0.350 e. The van der Waals surface area contributed by atoms with Crippen molar-refractivity contribution in [2.75, 3.05) is 5.32 Å². The van der Waals surface area contributed by atoms with Crippen LogP contribution in [-0.4, -0.2) is 36.1 Å². The lowest BCUT2D eigenvalue weighted by Crippen LogP contribution is -2.27. The number of anilines is 1. The van der Waals surface area contributed by atoms with Gasteiger partial charge in [-0.25, -0.2) is 9.18 Å². The Hall–Kier alpha value is -3.43. The zero-order chi connectivity index (χ0) is 25.3. The Kier molecular flexibility index (Phi) is 7.09. The van der Waals surface area contributed by atoms with Gasteiger partial charge in [0.25, 0.3) is 5.91 Å². The smallest absolute Gasteiger partial charge is 0.350 e. The van der Waals surface area contributed by atoms with Gasteiger partial charge in [0.15, 0.2) is 5.82 Å². The first kappa shape index (κ1) is 24.7. The highest BCUT2D eigenvalue weighted by molar-refractivity contribution is 6.06. The molecule has 10 heteroatoms. The van der Waals surface area contributed by atoms with Gasteiger partial charge in [-0.3, -0.25) is 14.0 Å². The maximum absolute atomic E-state index is 15.4. The molecule has 4 rings (SSSR count). The number of aromatic nitrogens is 5. The molecule has 1 aliphatic rings. The van der Waals surface area contributed by atoms with E-state index in [0.29, 0.717) is 24.0 Å². The van der Waals surface area contributed by atoms with E-state index >= 15 is 4.39 Å². The van der Waals surface area contributed by atoms with Crippen molar-refractivity contribution in [3.05, 3.63) is 51.6 Å². The Bertz CT molecular complexity index is 1290. The van der Waals surface area contributed by atoms with Gasteiger partial charge < -0.3 is 10.1 Å². The number of nitrogens with one attached hydrogen (secondary N) is 1. The van der Waals surface area contributed by atoms with Crippen molar-refractivity contribution in [3.8, 4) is 11.4 Å². The minimum absolute atomic E-state index is 0.0404. The number of rotatable bonds is 7. The van der Waals surface area contributed by atoms with Gasteiger partial charge in [-0.15, -0.1) is 5.10 Å². The van der Waals surface area contributed by atoms with Crippen LogP contribution in [0.2, 0.25) is 0 Å². The zero-order valence-corrected chi connectivity index (χ0v) is 21.0. The third-order valence-corrected chi connectivity index (χ3v) is 6.78. The molecular formula is C25H33FN6O3. The molecule has 1 unspecified atom stereocenters. The zero-order valence-electron chi connectivity index (χ0n) is 21.0. The standard InChI is InChI=1S/C25H33FN6O3/c1-6-22-28-32(25(34)31(22)5)20-13-21(35-16(3)17-10-8-7-9-11-17)18(12-19(20)26)24(33)27-23-15(2)14-30(4)29-23/h12-14,16-17H,6-11H2,1-5H3,(H,27,29,33). The number of ether oxygens (including phenoxy) is 1. The van der Waals surface area contributed by atoms with E-state index in [1.165, 1.54) is 17.1 Å². The normalized spacial score (nSPS) is 15.3. The number of hydrogen-bond acceptors (Lipinski definition) is 5. The van der Waals surface area contributed by atoms with E-state index < -0.39 is 17.4 Å². The second kappa shape index (κ2) is 10.1. The van der Waals surface area contributed by atoms with Crippen LogP contribution in [0.25, 0.3) is 5.69 Å². The predicted octanol–water partition coefficient (Wildman–Crippen LogP) is 3.91. The number of carbonyl (C=O) groups is 1. The molecule has 2 heterocycles. The van der Waals surface area contributed by atoms with Crippen molar-refractivity contribution < 1.29 is 13.9 Å². The monoisotopic (exact) mass is 484 g/mol. The Morgan fingerprint density at radius 3 is 2.54 bits per heavy atom. The summed E-state index contributed by atoms with van der Waals surface area (Å²) < 4.78 is 25.6. The highest BCUT2D eigenvalue weighted by Gasteiger charge is 2.26. The molecule has 2 aromatic heterocycles. The third kappa shape index (κ3) is 5.01. The van der Waals surface area contributed by atoms with E-state index in [1.807, 2.05) is 20.8 Å². The molecular weight excluding hydrogens is 451 g/mol. The van der Waals surface area contributed by atoms with E-state index in [4.69, 9.17) is 4.74 Å². The van der Waals surface area contributed by atoms with Crippen LogP contribution < -0.4 is 15.7 Å². The van der Waals surface area contributed by atoms with Crippen molar-refractivity contribution in [1.29, 1.82) is 0 Å². The lowest BCUT2D eigenvalue weighted by Gasteiger charge is -2.29. The average molecular weight is 485 g/mol. The predicted molar refractivity (Wildman–Crippen MR) is 131 cm³/mol. The fraction of sp³-hybridized carbons (Fsp3) is 0.520. The van der Waals surface area contributed by atoms with Gasteiger partial charge in [0.2, 0.25) is 0 Å². The summed E-state index contributed by atoms with van der Waals surface area (Å²) in [5, 5.41) is 11.3. The minimum Gasteiger partial charge on any atom is -0.490 e. The lowest BCUT2D eigenvalue weighted by molar-refractivity contribution is 0.0996. The molecule has 0 saturated heterocycles. The number of benzene rings is 1. The van der Waals surface area contributed by atoms with E-state index in [-0.39, 0.29) is 23.1 Å². The molecule has 1 fully saturated rings. The molecule has 9 nitrogen and oxygen atoms in total. The van der Waals surface area contributed by atoms with Crippen LogP contribution in [0.15, 0.2) is 23.1 Å². The Morgan fingerprint density at radius 1 is 1.23 bits per heavy atom. The minimum atomic E-state index is -0.742. The molecule has 1 saturated carbocycles. The van der Waals surface area contributed by atoms with Gasteiger partial charge in [-0.2, -0.15) is 9.78 Å². The molecule has 188 valence electrons. The highest BCUT2D eigenvalue weighted by atomic mass is 19.1. The van der Waals surface area contributed by atoms with Crippen molar-refractivity contribution in [1.82, 2.24) is 24.1 Å². The molecule has 1 atom stereocenters. The van der Waals surface area contributed by atoms with Gasteiger partial charge in [-0.1, -0.05) is 26.2 Å². The fourth-order valence-corrected chi connectivity index (χ4v) is 4.73. The van der Waals surface area contributed by atoms with Gasteiger partial charge in [-0.05, 0) is 38.7 Å². The van der Waals surface area contributed by atoms with Crippen molar-refractivity contribution in [3.63, 3.8) is 0 Å². The van der Waals surface area contributed by atoms with Crippen LogP contribution in [0.3, 0.4) is 0 Å². The molecule has 1 aromatic carbocycles. The van der Waals surface area contributed by atoms with Gasteiger partial charge in [0, 0.05) is 38.3 Å². The Morgan fingerprint density at radius 2 is 1.94 bits per heavy atom. The SMILES string of the molecule is CCc1nn(-c2cc(OC(C)C3CCCCC3)c(C(=O)Nc3nn(C)cc3C)cc2F)c(=O)n1C. The first-order valence-electron chi connectivity index (χ1n) is 12.2. The largest absolute Gasteiger partial charge is 0.490 e. The summed E-state index contributed by atoms with van der Waals surface area (Å²) >= 11 is 0. The van der Waals surface area contributed by atoms with Crippen LogP contribution in [0.5, 0.6) is 5.75 Å². The summed E-state index contributed by atoms with van der Waals surface area (Å²) in [5.41, 5.74) is 0.303. The van der Waals surface area contributed by atoms with Crippen LogP contribution in [-0.2, 0) is 20.5 Å². The molecule has 1 amide bonds. The lowest BCUT2D eigenvalue weighted by atomic mass is 9.86. The maximum atomic E-state index is 15.4. The summed E-state index contributed by atoms with van der Waals surface area (Å²) in [6.45, 7) is 5.68. The van der Waals surface area contributed by atoms with Gasteiger partial charge >= 0.3 is 5.69 Å². The summed E-state index contributed by atoms with van der Waals surface area (Å²) in [6, 6.07) is 2.52. The number of halogens is 1. The number of nitrogens with zero attached hydrogens (tertiary/aromatic N) is 5. The van der Waals surface area contributed by atoms with Crippen LogP contribution in [0.4, 0.5) is 10.2 Å². The Balaban J connectivity index is 1.75. The number of aryl methyl sites for hydroxylation is 3. The van der Waals surface area contributed by atoms with Gasteiger partial charge in [0.1, 0.15) is 23.1 Å². The van der Waals surface area contributed by atoms with Crippen LogP contribution in [0, 0.1) is 18.7 Å². The molecule has 1 aliphatic carbocycles. The number of hydrogen-bond donors (Lipinski definition) is 1. The molecule has 3 aromatic rings. The molecule has 0 bridgehead atoms. The first-order chi connectivity index (χ1) is 16.7. The molecule has 35 heavy (non-hydrogen) atoms. The number of carbonyl (C=O) groups excluding carboxylic acids is 1. The first-order valence-corrected chi connectivity index (χ1v) is 12.2. The van der Waals surface area contributed by atoms with Gasteiger partial charge in [0.05, 0.1) is 11.7 Å². The van der Waals surface area contributed by atoms with E-state index in [2.05, 4.69) is 15.5 Å². The Labute approximate surface area is 203 Å².